The SMILES string of the molecule is COC1=CC2C3C(Nc4ccccc4C)c4ccc(O)c(O)c4C2(CCN3C)CC1=O. The highest BCUT2D eigenvalue weighted by Crippen LogP contribution is 2.60. The molecule has 1 aliphatic heterocycles. The van der Waals surface area contributed by atoms with Gasteiger partial charge >= 0.3 is 0 Å². The number of aromatic hydroxyl groups is 2. The number of allylic oxidation sites excluding steroid dienone is 1. The molecule has 31 heavy (non-hydrogen) atoms. The number of phenols is 2. The molecule has 162 valence electrons. The number of anilines is 1. The average molecular weight is 421 g/mol. The number of piperidine rings is 1. The number of rotatable bonds is 3. The third-order valence-corrected chi connectivity index (χ3v) is 7.55. The number of aryl methyl sites for hydroxylation is 1. The highest BCUT2D eigenvalue weighted by molar-refractivity contribution is 5.96. The Morgan fingerprint density at radius 1 is 1.19 bits per heavy atom. The van der Waals surface area contributed by atoms with E-state index >= 15 is 0 Å². The Bertz CT molecular complexity index is 1090. The Kier molecular flexibility index (Phi) is 4.52. The molecule has 4 atom stereocenters. The van der Waals surface area contributed by atoms with E-state index in [2.05, 4.69) is 36.3 Å². The van der Waals surface area contributed by atoms with Crippen molar-refractivity contribution in [1.29, 1.82) is 0 Å². The fourth-order valence-electron chi connectivity index (χ4n) is 6.04. The van der Waals surface area contributed by atoms with Crippen molar-refractivity contribution in [2.45, 2.75) is 37.3 Å². The quantitative estimate of drug-likeness (QED) is 0.658. The van der Waals surface area contributed by atoms with Crippen LogP contribution in [0.1, 0.15) is 35.6 Å². The number of Topliss-reactive ketones (excluding diaryl/α,β-unsaturated/α-hetero) is 1. The summed E-state index contributed by atoms with van der Waals surface area (Å²) in [6, 6.07) is 11.5. The van der Waals surface area contributed by atoms with E-state index < -0.39 is 5.41 Å². The van der Waals surface area contributed by atoms with Gasteiger partial charge in [0.1, 0.15) is 0 Å². The molecule has 6 heteroatoms. The van der Waals surface area contributed by atoms with E-state index in [0.29, 0.717) is 11.3 Å². The number of carbonyl (C=O) groups excluding carboxylic acids is 1. The van der Waals surface area contributed by atoms with Crippen LogP contribution >= 0.6 is 0 Å². The molecule has 1 heterocycles. The number of hydrogen-bond donors (Lipinski definition) is 3. The largest absolute Gasteiger partial charge is 0.504 e. The molecule has 0 aromatic heterocycles. The van der Waals surface area contributed by atoms with Gasteiger partial charge in [0.15, 0.2) is 23.0 Å². The topological polar surface area (TPSA) is 82.0 Å². The maximum Gasteiger partial charge on any atom is 0.197 e. The van der Waals surface area contributed by atoms with Crippen LogP contribution in [0.2, 0.25) is 0 Å². The molecule has 0 amide bonds. The Hall–Kier alpha value is -2.99. The second-order valence-electron chi connectivity index (χ2n) is 9.07. The van der Waals surface area contributed by atoms with Crippen LogP contribution in [0.5, 0.6) is 11.5 Å². The summed E-state index contributed by atoms with van der Waals surface area (Å²) in [5.41, 5.74) is 3.24. The van der Waals surface area contributed by atoms with Crippen LogP contribution in [0.4, 0.5) is 5.69 Å². The number of hydrogen-bond acceptors (Lipinski definition) is 6. The van der Waals surface area contributed by atoms with Gasteiger partial charge in [0.05, 0.1) is 13.2 Å². The Labute approximate surface area is 182 Å². The van der Waals surface area contributed by atoms with Crippen molar-refractivity contribution in [2.75, 3.05) is 26.0 Å². The molecule has 2 bridgehead atoms. The number of carbonyl (C=O) groups is 1. The average Bonchev–Trinajstić information content (AvgIpc) is 2.75. The first-order valence-corrected chi connectivity index (χ1v) is 10.7. The van der Waals surface area contributed by atoms with Crippen LogP contribution in [-0.2, 0) is 14.9 Å². The van der Waals surface area contributed by atoms with Gasteiger partial charge in [-0.25, -0.2) is 0 Å². The minimum atomic E-state index is -0.557. The normalized spacial score (nSPS) is 29.6. The minimum absolute atomic E-state index is 0.0411. The lowest BCUT2D eigenvalue weighted by atomic mass is 9.52. The number of ether oxygens (including phenoxy) is 1. The molecule has 1 fully saturated rings. The van der Waals surface area contributed by atoms with E-state index in [1.807, 2.05) is 24.3 Å². The summed E-state index contributed by atoms with van der Waals surface area (Å²) in [6.07, 6.45) is 2.94. The summed E-state index contributed by atoms with van der Waals surface area (Å²) >= 11 is 0. The molecular formula is C25H28N2O4. The first-order chi connectivity index (χ1) is 14.9. The maximum absolute atomic E-state index is 12.9. The predicted octanol–water partition coefficient (Wildman–Crippen LogP) is 3.63. The van der Waals surface area contributed by atoms with Crippen molar-refractivity contribution in [3.8, 4) is 11.5 Å². The number of likely N-dealkylation sites (tertiary alicyclic amines) is 1. The second kappa shape index (κ2) is 7.02. The molecule has 1 saturated heterocycles. The van der Waals surface area contributed by atoms with Crippen LogP contribution in [0.15, 0.2) is 48.2 Å². The van der Waals surface area contributed by atoms with Crippen LogP contribution in [0.25, 0.3) is 0 Å². The number of nitrogens with one attached hydrogen (secondary N) is 1. The zero-order chi connectivity index (χ0) is 21.9. The fraction of sp³-hybridized carbons (Fsp3) is 0.400. The summed E-state index contributed by atoms with van der Waals surface area (Å²) < 4.78 is 5.42. The summed E-state index contributed by atoms with van der Waals surface area (Å²) in [5.74, 6) is 0.0392. The van der Waals surface area contributed by atoms with Gasteiger partial charge in [0.2, 0.25) is 0 Å². The van der Waals surface area contributed by atoms with Crippen molar-refractivity contribution in [3.63, 3.8) is 0 Å². The number of methoxy groups -OCH3 is 1. The summed E-state index contributed by atoms with van der Waals surface area (Å²) in [6.45, 7) is 2.86. The molecule has 2 aromatic carbocycles. The van der Waals surface area contributed by atoms with Crippen molar-refractivity contribution < 1.29 is 19.7 Å². The molecule has 2 aliphatic carbocycles. The Morgan fingerprint density at radius 2 is 1.97 bits per heavy atom. The van der Waals surface area contributed by atoms with Crippen molar-refractivity contribution in [3.05, 3.63) is 64.9 Å². The highest BCUT2D eigenvalue weighted by atomic mass is 16.5. The summed E-state index contributed by atoms with van der Waals surface area (Å²) in [4.78, 5) is 15.3. The molecule has 4 unspecified atom stereocenters. The van der Waals surface area contributed by atoms with E-state index in [-0.39, 0.29) is 41.7 Å². The second-order valence-corrected chi connectivity index (χ2v) is 9.07. The standard InChI is InChI=1S/C25H28N2O4/c1-14-6-4-5-7-17(14)26-22-15-8-9-18(28)24(30)21(15)25-10-11-27(2)23(22)16(25)12-20(31-3)19(29)13-25/h4-9,12,16,22-23,26,28,30H,10-11,13H2,1-3H3. The van der Waals surface area contributed by atoms with Crippen LogP contribution in [0.3, 0.4) is 0 Å². The zero-order valence-electron chi connectivity index (χ0n) is 18.1. The molecule has 2 aromatic rings. The smallest absolute Gasteiger partial charge is 0.197 e. The van der Waals surface area contributed by atoms with E-state index in [9.17, 15) is 15.0 Å². The van der Waals surface area contributed by atoms with Gasteiger partial charge in [-0.2, -0.15) is 0 Å². The van der Waals surface area contributed by atoms with Gasteiger partial charge < -0.3 is 25.2 Å². The maximum atomic E-state index is 12.9. The third-order valence-electron chi connectivity index (χ3n) is 7.55. The summed E-state index contributed by atoms with van der Waals surface area (Å²) in [7, 11) is 3.65. The highest BCUT2D eigenvalue weighted by Gasteiger charge is 2.59. The molecule has 3 N–H and O–H groups in total. The van der Waals surface area contributed by atoms with E-state index in [1.165, 1.54) is 7.11 Å². The molecule has 3 aliphatic rings. The van der Waals surface area contributed by atoms with Crippen molar-refractivity contribution in [1.82, 2.24) is 4.90 Å². The van der Waals surface area contributed by atoms with Gasteiger partial charge in [-0.15, -0.1) is 0 Å². The lowest BCUT2D eigenvalue weighted by Crippen LogP contribution is -2.62. The first kappa shape index (κ1) is 19.9. The minimum Gasteiger partial charge on any atom is -0.504 e. The molecule has 5 rings (SSSR count). The van der Waals surface area contributed by atoms with Gasteiger partial charge in [-0.05, 0) is 56.3 Å². The first-order valence-electron chi connectivity index (χ1n) is 10.7. The molecule has 0 spiro atoms. The number of nitrogens with zero attached hydrogens (tertiary/aromatic N) is 1. The lowest BCUT2D eigenvalue weighted by molar-refractivity contribution is -0.123. The molecule has 6 nitrogen and oxygen atoms in total. The lowest BCUT2D eigenvalue weighted by Gasteiger charge is -2.59. The van der Waals surface area contributed by atoms with E-state index in [4.69, 9.17) is 4.74 Å². The number of likely N-dealkylation sites (N-methyl/N-ethyl adjacent to an activating group) is 1. The van der Waals surface area contributed by atoms with E-state index in [1.54, 1.807) is 6.07 Å². The van der Waals surface area contributed by atoms with Crippen molar-refractivity contribution in [2.24, 2.45) is 5.92 Å². The number of para-hydroxylation sites is 1. The van der Waals surface area contributed by atoms with Crippen LogP contribution in [0, 0.1) is 12.8 Å². The van der Waals surface area contributed by atoms with E-state index in [0.717, 1.165) is 29.8 Å². The molecular weight excluding hydrogens is 392 g/mol. The summed E-state index contributed by atoms with van der Waals surface area (Å²) in [5, 5.41) is 25.2. The Morgan fingerprint density at radius 3 is 2.71 bits per heavy atom. The number of phenolic OH excluding ortho intramolecular Hbond substituents is 2. The zero-order valence-corrected chi connectivity index (χ0v) is 18.1. The number of ketones is 1. The number of benzene rings is 2. The Balaban J connectivity index is 1.76. The van der Waals surface area contributed by atoms with Crippen LogP contribution < -0.4 is 5.32 Å². The molecule has 0 saturated carbocycles. The van der Waals surface area contributed by atoms with Gasteiger partial charge in [-0.1, -0.05) is 24.3 Å². The van der Waals surface area contributed by atoms with Crippen molar-refractivity contribution >= 4 is 11.5 Å². The fourth-order valence-corrected chi connectivity index (χ4v) is 6.04. The monoisotopic (exact) mass is 420 g/mol. The predicted molar refractivity (Wildman–Crippen MR) is 118 cm³/mol. The number of fused-ring (bicyclic) bond motifs is 1. The van der Waals surface area contributed by atoms with Crippen LogP contribution in [-0.4, -0.2) is 47.6 Å². The van der Waals surface area contributed by atoms with Gasteiger partial charge in [-0.3, -0.25) is 4.79 Å². The molecule has 0 radical (unpaired) electrons. The third kappa shape index (κ3) is 2.78. The van der Waals surface area contributed by atoms with Gasteiger partial charge in [0, 0.05) is 35.0 Å². The van der Waals surface area contributed by atoms with Gasteiger partial charge in [0.25, 0.3) is 0 Å².